The Morgan fingerprint density at radius 1 is 1.16 bits per heavy atom. The predicted octanol–water partition coefficient (Wildman–Crippen LogP) is 4.29. The highest BCUT2D eigenvalue weighted by atomic mass is 79.9. The Hall–Kier alpha value is -1.43. The lowest BCUT2D eigenvalue weighted by Gasteiger charge is -2.55. The second-order valence-electron chi connectivity index (χ2n) is 7.95. The van der Waals surface area contributed by atoms with Gasteiger partial charge in [0.2, 0.25) is 0 Å². The van der Waals surface area contributed by atoms with Gasteiger partial charge in [-0.15, -0.1) is 0 Å². The number of nitrogens with one attached hydrogen (secondary N) is 1. The van der Waals surface area contributed by atoms with Crippen LogP contribution in [-0.2, 0) is 14.3 Å². The first-order valence-electron chi connectivity index (χ1n) is 8.86. The van der Waals surface area contributed by atoms with Gasteiger partial charge in [-0.25, -0.2) is 4.39 Å². The largest absolute Gasteiger partial charge is 0.455 e. The molecule has 4 bridgehead atoms. The van der Waals surface area contributed by atoms with Gasteiger partial charge in [-0.3, -0.25) is 9.59 Å². The van der Waals surface area contributed by atoms with Crippen molar-refractivity contribution >= 4 is 33.5 Å². The highest BCUT2D eigenvalue weighted by molar-refractivity contribution is 9.10. The van der Waals surface area contributed by atoms with Gasteiger partial charge in [-0.2, -0.15) is 0 Å². The molecule has 1 amide bonds. The van der Waals surface area contributed by atoms with E-state index >= 15 is 0 Å². The number of rotatable bonds is 4. The summed E-state index contributed by atoms with van der Waals surface area (Å²) in [6.45, 7) is -0.365. The fourth-order valence-corrected chi connectivity index (χ4v) is 5.76. The summed E-state index contributed by atoms with van der Waals surface area (Å²) in [6.07, 6.45) is 6.45. The highest BCUT2D eigenvalue weighted by Gasteiger charge is 2.55. The van der Waals surface area contributed by atoms with Crippen LogP contribution in [0, 0.1) is 29.0 Å². The van der Waals surface area contributed by atoms with Gasteiger partial charge in [0, 0.05) is 4.47 Å². The third-order valence-electron chi connectivity index (χ3n) is 6.01. The van der Waals surface area contributed by atoms with E-state index in [4.69, 9.17) is 4.74 Å². The van der Waals surface area contributed by atoms with Crippen molar-refractivity contribution in [1.82, 2.24) is 0 Å². The number of esters is 1. The van der Waals surface area contributed by atoms with E-state index < -0.39 is 11.7 Å². The molecule has 4 saturated carbocycles. The van der Waals surface area contributed by atoms with Gasteiger partial charge in [0.25, 0.3) is 5.91 Å². The lowest BCUT2D eigenvalue weighted by molar-refractivity contribution is -0.172. The average molecular weight is 410 g/mol. The number of amides is 1. The minimum absolute atomic E-state index is 0.0825. The summed E-state index contributed by atoms with van der Waals surface area (Å²) in [5, 5.41) is 2.45. The molecule has 4 aliphatic carbocycles. The topological polar surface area (TPSA) is 55.4 Å². The third kappa shape index (κ3) is 3.33. The van der Waals surface area contributed by atoms with E-state index in [0.717, 1.165) is 19.3 Å². The molecular formula is C19H21BrFNO3. The summed E-state index contributed by atoms with van der Waals surface area (Å²) in [7, 11) is 0. The summed E-state index contributed by atoms with van der Waals surface area (Å²) >= 11 is 3.17. The fraction of sp³-hybridized carbons (Fsp3) is 0.579. The summed E-state index contributed by atoms with van der Waals surface area (Å²) in [6, 6.07) is 4.38. The molecule has 0 spiro atoms. The minimum Gasteiger partial charge on any atom is -0.455 e. The lowest BCUT2D eigenvalue weighted by atomic mass is 9.49. The summed E-state index contributed by atoms with van der Waals surface area (Å²) in [4.78, 5) is 24.7. The smallest absolute Gasteiger partial charge is 0.312 e. The van der Waals surface area contributed by atoms with Crippen LogP contribution in [0.1, 0.15) is 38.5 Å². The van der Waals surface area contributed by atoms with Gasteiger partial charge >= 0.3 is 5.97 Å². The van der Waals surface area contributed by atoms with Crippen molar-refractivity contribution in [2.75, 3.05) is 11.9 Å². The van der Waals surface area contributed by atoms with Gasteiger partial charge in [-0.1, -0.05) is 15.9 Å². The van der Waals surface area contributed by atoms with Crippen molar-refractivity contribution < 1.29 is 18.7 Å². The van der Waals surface area contributed by atoms with Crippen molar-refractivity contribution in [2.24, 2.45) is 23.2 Å². The van der Waals surface area contributed by atoms with Crippen LogP contribution in [0.4, 0.5) is 10.1 Å². The Bertz CT molecular complexity index is 685. The molecule has 0 atom stereocenters. The van der Waals surface area contributed by atoms with Gasteiger partial charge < -0.3 is 10.1 Å². The van der Waals surface area contributed by atoms with Crippen molar-refractivity contribution in [3.05, 3.63) is 28.5 Å². The van der Waals surface area contributed by atoms with Crippen LogP contribution in [0.2, 0.25) is 0 Å². The molecule has 134 valence electrons. The maximum Gasteiger partial charge on any atom is 0.312 e. The maximum atomic E-state index is 13.8. The number of anilines is 1. The first kappa shape index (κ1) is 17.0. The third-order valence-corrected chi connectivity index (χ3v) is 6.50. The molecule has 0 aliphatic heterocycles. The van der Waals surface area contributed by atoms with Crippen molar-refractivity contribution in [2.45, 2.75) is 38.5 Å². The van der Waals surface area contributed by atoms with E-state index in [1.807, 2.05) is 0 Å². The van der Waals surface area contributed by atoms with Crippen LogP contribution in [-0.4, -0.2) is 18.5 Å². The van der Waals surface area contributed by atoms with E-state index in [1.54, 1.807) is 6.07 Å². The molecule has 25 heavy (non-hydrogen) atoms. The van der Waals surface area contributed by atoms with Gasteiger partial charge in [0.15, 0.2) is 6.61 Å². The molecule has 1 aromatic rings. The number of benzene rings is 1. The molecule has 6 heteroatoms. The standard InChI is InChI=1S/C19H21BrFNO3/c20-14-1-2-16(15(21)6-14)22-17(23)10-25-18(24)19-7-11-3-12(8-19)5-13(4-11)9-19/h1-2,6,11-13H,3-5,7-10H2,(H,22,23). The number of carbonyl (C=O) groups excluding carboxylic acids is 2. The number of halogens is 2. The Labute approximate surface area is 154 Å². The number of hydrogen-bond donors (Lipinski definition) is 1. The van der Waals surface area contributed by atoms with Crippen LogP contribution in [0.3, 0.4) is 0 Å². The Morgan fingerprint density at radius 2 is 1.76 bits per heavy atom. The van der Waals surface area contributed by atoms with E-state index in [0.29, 0.717) is 22.2 Å². The Kier molecular flexibility index (Phi) is 4.34. The van der Waals surface area contributed by atoms with E-state index in [9.17, 15) is 14.0 Å². The molecule has 0 unspecified atom stereocenters. The van der Waals surface area contributed by atoms with Crippen molar-refractivity contribution in [1.29, 1.82) is 0 Å². The Balaban J connectivity index is 1.35. The van der Waals surface area contributed by atoms with Crippen molar-refractivity contribution in [3.63, 3.8) is 0 Å². The van der Waals surface area contributed by atoms with Gasteiger partial charge in [0.05, 0.1) is 11.1 Å². The zero-order valence-corrected chi connectivity index (χ0v) is 15.5. The van der Waals surface area contributed by atoms with Crippen LogP contribution < -0.4 is 5.32 Å². The molecule has 0 radical (unpaired) electrons. The molecule has 0 aromatic heterocycles. The second kappa shape index (κ2) is 6.38. The zero-order valence-electron chi connectivity index (χ0n) is 13.9. The normalized spacial score (nSPS) is 32.5. The monoisotopic (exact) mass is 409 g/mol. The molecule has 1 N–H and O–H groups in total. The molecule has 0 saturated heterocycles. The quantitative estimate of drug-likeness (QED) is 0.754. The molecular weight excluding hydrogens is 389 g/mol. The molecule has 0 heterocycles. The molecule has 4 aliphatic rings. The van der Waals surface area contributed by atoms with Crippen LogP contribution in [0.25, 0.3) is 0 Å². The lowest BCUT2D eigenvalue weighted by Crippen LogP contribution is -2.50. The average Bonchev–Trinajstić information content (AvgIpc) is 2.54. The maximum absolute atomic E-state index is 13.8. The van der Waals surface area contributed by atoms with Crippen molar-refractivity contribution in [3.8, 4) is 0 Å². The van der Waals surface area contributed by atoms with E-state index in [1.165, 1.54) is 31.4 Å². The summed E-state index contributed by atoms with van der Waals surface area (Å²) in [5.74, 6) is 0.644. The summed E-state index contributed by atoms with van der Waals surface area (Å²) in [5.41, 5.74) is -0.295. The molecule has 4 fully saturated rings. The number of hydrogen-bond acceptors (Lipinski definition) is 3. The van der Waals surface area contributed by atoms with Crippen LogP contribution in [0.15, 0.2) is 22.7 Å². The first-order chi connectivity index (χ1) is 11.9. The van der Waals surface area contributed by atoms with Gasteiger partial charge in [-0.05, 0) is 74.5 Å². The SMILES string of the molecule is O=C(COC(=O)C12CC3CC(CC(C3)C1)C2)Nc1ccc(Br)cc1F. The second-order valence-corrected chi connectivity index (χ2v) is 8.86. The molecule has 4 nitrogen and oxygen atoms in total. The zero-order chi connectivity index (χ0) is 17.6. The van der Waals surface area contributed by atoms with E-state index in [-0.39, 0.29) is 23.7 Å². The van der Waals surface area contributed by atoms with Crippen LogP contribution >= 0.6 is 15.9 Å². The number of carbonyl (C=O) groups is 2. The van der Waals surface area contributed by atoms with Crippen LogP contribution in [0.5, 0.6) is 0 Å². The molecule has 1 aromatic carbocycles. The number of ether oxygens (including phenoxy) is 1. The summed E-state index contributed by atoms with van der Waals surface area (Å²) < 4.78 is 19.7. The minimum atomic E-state index is -0.532. The highest BCUT2D eigenvalue weighted by Crippen LogP contribution is 2.60. The predicted molar refractivity (Wildman–Crippen MR) is 94.3 cm³/mol. The first-order valence-corrected chi connectivity index (χ1v) is 9.65. The Morgan fingerprint density at radius 3 is 2.32 bits per heavy atom. The van der Waals surface area contributed by atoms with E-state index in [2.05, 4.69) is 21.2 Å². The molecule has 5 rings (SSSR count). The van der Waals surface area contributed by atoms with Gasteiger partial charge in [0.1, 0.15) is 5.82 Å². The fourth-order valence-electron chi connectivity index (χ4n) is 5.42.